The Balaban J connectivity index is 1.59. The van der Waals surface area contributed by atoms with Crippen molar-refractivity contribution in [3.05, 3.63) is 60.4 Å². The van der Waals surface area contributed by atoms with E-state index in [0.29, 0.717) is 5.69 Å². The number of carbonyl (C=O) groups excluding carboxylic acids is 2. The lowest BCUT2D eigenvalue weighted by Gasteiger charge is -2.15. The average Bonchev–Trinajstić information content (AvgIpc) is 3.21. The molecule has 31 heavy (non-hydrogen) atoms. The van der Waals surface area contributed by atoms with Gasteiger partial charge in [-0.05, 0) is 42.5 Å². The molecule has 2 amide bonds. The molecule has 0 aliphatic heterocycles. The third-order valence-corrected chi connectivity index (χ3v) is 4.74. The van der Waals surface area contributed by atoms with Crippen LogP contribution in [0.4, 0.5) is 28.8 Å². The highest BCUT2D eigenvalue weighted by Crippen LogP contribution is 2.24. The van der Waals surface area contributed by atoms with Gasteiger partial charge in [0.15, 0.2) is 0 Å². The Hall–Kier alpha value is -4.47. The number of H-pyrrole nitrogens is 1. The SMILES string of the molecule is CC(=O)N(C)c1ccc(Nc2ncc(C(N)=O)c(Nc3ccc4cn[nH]c4c3)n2)cc1. The van der Waals surface area contributed by atoms with Gasteiger partial charge in [0.2, 0.25) is 11.9 Å². The first-order valence-electron chi connectivity index (χ1n) is 9.39. The van der Waals surface area contributed by atoms with Crippen LogP contribution in [0.3, 0.4) is 0 Å². The number of carbonyl (C=O) groups is 2. The summed E-state index contributed by atoms with van der Waals surface area (Å²) in [6, 6.07) is 12.8. The summed E-state index contributed by atoms with van der Waals surface area (Å²) in [4.78, 5) is 33.5. The molecule has 0 saturated heterocycles. The number of aromatic nitrogens is 4. The molecule has 156 valence electrons. The zero-order chi connectivity index (χ0) is 22.0. The van der Waals surface area contributed by atoms with Gasteiger partial charge in [0, 0.05) is 42.6 Å². The third kappa shape index (κ3) is 4.27. The van der Waals surface area contributed by atoms with Crippen LogP contribution in [0.5, 0.6) is 0 Å². The number of nitrogens with two attached hydrogens (primary N) is 1. The molecule has 10 nitrogen and oxygen atoms in total. The van der Waals surface area contributed by atoms with Gasteiger partial charge in [-0.3, -0.25) is 14.7 Å². The minimum absolute atomic E-state index is 0.0601. The average molecular weight is 416 g/mol. The van der Waals surface area contributed by atoms with E-state index in [-0.39, 0.29) is 23.2 Å². The van der Waals surface area contributed by atoms with E-state index in [1.54, 1.807) is 42.4 Å². The maximum Gasteiger partial charge on any atom is 0.254 e. The fraction of sp³-hybridized carbons (Fsp3) is 0.0952. The fourth-order valence-corrected chi connectivity index (χ4v) is 2.95. The Morgan fingerprint density at radius 1 is 1.03 bits per heavy atom. The first-order valence-corrected chi connectivity index (χ1v) is 9.39. The number of rotatable bonds is 6. The quantitative estimate of drug-likeness (QED) is 0.378. The van der Waals surface area contributed by atoms with Crippen LogP contribution in [-0.4, -0.2) is 39.0 Å². The number of hydrogen-bond donors (Lipinski definition) is 4. The summed E-state index contributed by atoms with van der Waals surface area (Å²) >= 11 is 0. The van der Waals surface area contributed by atoms with Crippen molar-refractivity contribution >= 4 is 51.5 Å². The second kappa shape index (κ2) is 8.11. The highest BCUT2D eigenvalue weighted by molar-refractivity contribution is 5.98. The number of aromatic amines is 1. The number of primary amides is 1. The number of fused-ring (bicyclic) bond motifs is 1. The molecule has 0 bridgehead atoms. The Morgan fingerprint density at radius 2 is 1.77 bits per heavy atom. The molecular formula is C21H20N8O2. The van der Waals surface area contributed by atoms with Gasteiger partial charge in [-0.2, -0.15) is 10.1 Å². The molecule has 0 atom stereocenters. The van der Waals surface area contributed by atoms with Gasteiger partial charge in [-0.1, -0.05) is 0 Å². The molecule has 2 aromatic carbocycles. The lowest BCUT2D eigenvalue weighted by atomic mass is 10.2. The van der Waals surface area contributed by atoms with Crippen molar-refractivity contribution in [2.75, 3.05) is 22.6 Å². The molecule has 0 spiro atoms. The normalized spacial score (nSPS) is 10.6. The van der Waals surface area contributed by atoms with E-state index >= 15 is 0 Å². The molecule has 0 aliphatic rings. The minimum atomic E-state index is -0.645. The second-order valence-corrected chi connectivity index (χ2v) is 6.87. The summed E-state index contributed by atoms with van der Waals surface area (Å²) in [5.41, 5.74) is 8.68. The fourth-order valence-electron chi connectivity index (χ4n) is 2.95. The maximum atomic E-state index is 11.8. The van der Waals surface area contributed by atoms with Crippen molar-refractivity contribution in [2.24, 2.45) is 5.73 Å². The summed E-state index contributed by atoms with van der Waals surface area (Å²) in [6.07, 6.45) is 3.09. The molecule has 2 aromatic heterocycles. The first-order chi connectivity index (χ1) is 14.9. The number of amides is 2. The van der Waals surface area contributed by atoms with Crippen LogP contribution in [0.15, 0.2) is 54.9 Å². The predicted octanol–water partition coefficient (Wildman–Crippen LogP) is 2.92. The Morgan fingerprint density at radius 3 is 2.48 bits per heavy atom. The molecule has 2 heterocycles. The topological polar surface area (TPSA) is 142 Å². The zero-order valence-electron chi connectivity index (χ0n) is 16.9. The third-order valence-electron chi connectivity index (χ3n) is 4.74. The van der Waals surface area contributed by atoms with Crippen LogP contribution in [0.25, 0.3) is 10.9 Å². The highest BCUT2D eigenvalue weighted by Gasteiger charge is 2.13. The van der Waals surface area contributed by atoms with Gasteiger partial charge in [0.25, 0.3) is 5.91 Å². The van der Waals surface area contributed by atoms with Crippen LogP contribution in [0.1, 0.15) is 17.3 Å². The molecule has 5 N–H and O–H groups in total. The Kier molecular flexibility index (Phi) is 5.19. The molecule has 0 fully saturated rings. The zero-order valence-corrected chi connectivity index (χ0v) is 16.9. The molecule has 10 heteroatoms. The van der Waals surface area contributed by atoms with E-state index < -0.39 is 5.91 Å². The van der Waals surface area contributed by atoms with Crippen molar-refractivity contribution in [1.29, 1.82) is 0 Å². The van der Waals surface area contributed by atoms with Crippen molar-refractivity contribution in [3.8, 4) is 0 Å². The molecule has 0 radical (unpaired) electrons. The van der Waals surface area contributed by atoms with Gasteiger partial charge in [0.05, 0.1) is 11.7 Å². The summed E-state index contributed by atoms with van der Waals surface area (Å²) < 4.78 is 0. The number of anilines is 5. The predicted molar refractivity (Wildman–Crippen MR) is 119 cm³/mol. The monoisotopic (exact) mass is 416 g/mol. The highest BCUT2D eigenvalue weighted by atomic mass is 16.2. The van der Waals surface area contributed by atoms with E-state index in [0.717, 1.165) is 22.3 Å². The minimum Gasteiger partial charge on any atom is -0.365 e. The van der Waals surface area contributed by atoms with Crippen molar-refractivity contribution in [2.45, 2.75) is 6.92 Å². The molecule has 0 aliphatic carbocycles. The van der Waals surface area contributed by atoms with E-state index in [1.807, 2.05) is 18.2 Å². The van der Waals surface area contributed by atoms with Crippen LogP contribution >= 0.6 is 0 Å². The first kappa shape index (κ1) is 19.8. The largest absolute Gasteiger partial charge is 0.365 e. The van der Waals surface area contributed by atoms with Crippen molar-refractivity contribution in [3.63, 3.8) is 0 Å². The molecule has 0 saturated carbocycles. The van der Waals surface area contributed by atoms with Crippen LogP contribution in [-0.2, 0) is 4.79 Å². The number of hydrogen-bond acceptors (Lipinski definition) is 7. The van der Waals surface area contributed by atoms with E-state index in [9.17, 15) is 9.59 Å². The van der Waals surface area contributed by atoms with Gasteiger partial charge in [-0.15, -0.1) is 0 Å². The van der Waals surface area contributed by atoms with Gasteiger partial charge < -0.3 is 21.3 Å². The second-order valence-electron chi connectivity index (χ2n) is 6.87. The maximum absolute atomic E-state index is 11.8. The van der Waals surface area contributed by atoms with Crippen LogP contribution < -0.4 is 21.3 Å². The number of nitrogens with one attached hydrogen (secondary N) is 3. The van der Waals surface area contributed by atoms with E-state index in [1.165, 1.54) is 13.1 Å². The smallest absolute Gasteiger partial charge is 0.254 e. The standard InChI is InChI=1S/C21H20N8O2/c1-12(30)29(2)16-7-5-14(6-8-16)26-21-23-11-17(19(22)31)20(27-21)25-15-4-3-13-10-24-28-18(13)9-15/h3-11H,1-2H3,(H2,22,31)(H,24,28)(H2,23,25,26,27). The van der Waals surface area contributed by atoms with Gasteiger partial charge in [-0.25, -0.2) is 4.98 Å². The van der Waals surface area contributed by atoms with Crippen molar-refractivity contribution < 1.29 is 9.59 Å². The Labute approximate surface area is 177 Å². The molecule has 0 unspecified atom stereocenters. The van der Waals surface area contributed by atoms with Gasteiger partial charge in [0.1, 0.15) is 11.4 Å². The molecule has 4 rings (SSSR count). The van der Waals surface area contributed by atoms with Crippen molar-refractivity contribution in [1.82, 2.24) is 20.2 Å². The van der Waals surface area contributed by atoms with E-state index in [2.05, 4.69) is 30.8 Å². The summed E-state index contributed by atoms with van der Waals surface area (Å²) in [5.74, 6) is -0.150. The van der Waals surface area contributed by atoms with Crippen LogP contribution in [0.2, 0.25) is 0 Å². The molecular weight excluding hydrogens is 396 g/mol. The molecule has 4 aromatic rings. The van der Waals surface area contributed by atoms with Crippen LogP contribution in [0, 0.1) is 0 Å². The lowest BCUT2D eigenvalue weighted by Crippen LogP contribution is -2.22. The number of nitrogens with zero attached hydrogens (tertiary/aromatic N) is 4. The summed E-state index contributed by atoms with van der Waals surface area (Å²) in [7, 11) is 1.70. The summed E-state index contributed by atoms with van der Waals surface area (Å²) in [6.45, 7) is 1.50. The summed E-state index contributed by atoms with van der Waals surface area (Å²) in [5, 5.41) is 14.1. The van der Waals surface area contributed by atoms with Gasteiger partial charge >= 0.3 is 0 Å². The Bertz CT molecular complexity index is 1270. The number of benzene rings is 2. The van der Waals surface area contributed by atoms with E-state index in [4.69, 9.17) is 5.73 Å². The lowest BCUT2D eigenvalue weighted by molar-refractivity contribution is -0.116.